The Kier molecular flexibility index (Phi) is 8.43. The van der Waals surface area contributed by atoms with Gasteiger partial charge in [0.1, 0.15) is 5.92 Å². The molecule has 0 bridgehead atoms. The lowest BCUT2D eigenvalue weighted by Crippen LogP contribution is -2.34. The van der Waals surface area contributed by atoms with Gasteiger partial charge in [0, 0.05) is 31.2 Å². The van der Waals surface area contributed by atoms with E-state index in [9.17, 15) is 4.79 Å². The molecule has 5 heteroatoms. The fourth-order valence-electron chi connectivity index (χ4n) is 3.18. The van der Waals surface area contributed by atoms with Crippen molar-refractivity contribution in [1.82, 2.24) is 4.98 Å². The highest BCUT2D eigenvalue weighted by atomic mass is 16.5. The molecular weight excluding hydrogens is 342 g/mol. The van der Waals surface area contributed by atoms with Crippen LogP contribution in [0.2, 0.25) is 0 Å². The van der Waals surface area contributed by atoms with Crippen LogP contribution >= 0.6 is 0 Å². The molecule has 0 saturated heterocycles. The number of aromatic nitrogens is 1. The Morgan fingerprint density at radius 1 is 1.15 bits per heavy atom. The molecule has 3 unspecified atom stereocenters. The smallest absolute Gasteiger partial charge is 0.316 e. The number of carbonyl (C=O) groups is 1. The van der Waals surface area contributed by atoms with Crippen LogP contribution in [0.4, 0.5) is 0 Å². The average Bonchev–Trinajstić information content (AvgIpc) is 2.68. The van der Waals surface area contributed by atoms with Gasteiger partial charge in [0.25, 0.3) is 0 Å². The lowest BCUT2D eigenvalue weighted by molar-refractivity contribution is -0.149. The number of nitrogens with zero attached hydrogens (tertiary/aromatic N) is 1. The van der Waals surface area contributed by atoms with Gasteiger partial charge in [0.15, 0.2) is 0 Å². The van der Waals surface area contributed by atoms with Crippen molar-refractivity contribution in [2.75, 3.05) is 19.8 Å². The van der Waals surface area contributed by atoms with Gasteiger partial charge >= 0.3 is 5.97 Å². The summed E-state index contributed by atoms with van der Waals surface area (Å²) in [5, 5.41) is 0.977. The standard InChI is InChI=1S/C22H29NO4/c1-5-18(25-6-2)14-20(26-7-3)21(22(24)27-8-4)17-13-16-11-9-10-12-19(16)23-15-17/h5,9-13,15,18,20-21H,1,6-8,14H2,2-4H3. The monoisotopic (exact) mass is 371 g/mol. The number of ether oxygens (including phenoxy) is 3. The minimum Gasteiger partial charge on any atom is -0.465 e. The van der Waals surface area contributed by atoms with Crippen LogP contribution in [0.1, 0.15) is 38.7 Å². The molecular formula is C22H29NO4. The van der Waals surface area contributed by atoms with Crippen molar-refractivity contribution in [3.05, 3.63) is 54.7 Å². The molecule has 0 saturated carbocycles. The predicted octanol–water partition coefficient (Wildman–Crippen LogP) is 4.27. The van der Waals surface area contributed by atoms with Crippen LogP contribution in [0.15, 0.2) is 49.2 Å². The Bertz CT molecular complexity index is 746. The zero-order chi connectivity index (χ0) is 19.6. The van der Waals surface area contributed by atoms with E-state index in [2.05, 4.69) is 11.6 Å². The van der Waals surface area contributed by atoms with Crippen LogP contribution in [0.25, 0.3) is 10.9 Å². The second kappa shape index (κ2) is 10.8. The van der Waals surface area contributed by atoms with Gasteiger partial charge in [-0.2, -0.15) is 0 Å². The van der Waals surface area contributed by atoms with Crippen LogP contribution in [-0.4, -0.2) is 43.0 Å². The average molecular weight is 371 g/mol. The van der Waals surface area contributed by atoms with Crippen molar-refractivity contribution in [1.29, 1.82) is 0 Å². The Morgan fingerprint density at radius 3 is 2.56 bits per heavy atom. The van der Waals surface area contributed by atoms with Gasteiger partial charge in [-0.05, 0) is 38.5 Å². The Hall–Kier alpha value is -2.24. The molecule has 0 radical (unpaired) electrons. The van der Waals surface area contributed by atoms with E-state index in [0.29, 0.717) is 26.2 Å². The fourth-order valence-corrected chi connectivity index (χ4v) is 3.18. The molecule has 0 aliphatic rings. The number of benzene rings is 1. The predicted molar refractivity (Wildman–Crippen MR) is 107 cm³/mol. The fraction of sp³-hybridized carbons (Fsp3) is 0.455. The summed E-state index contributed by atoms with van der Waals surface area (Å²) in [7, 11) is 0. The second-order valence-corrected chi connectivity index (χ2v) is 6.15. The number of hydrogen-bond donors (Lipinski definition) is 0. The highest BCUT2D eigenvalue weighted by Crippen LogP contribution is 2.29. The maximum atomic E-state index is 12.8. The van der Waals surface area contributed by atoms with E-state index in [1.165, 1.54) is 0 Å². The summed E-state index contributed by atoms with van der Waals surface area (Å²) in [5.74, 6) is -0.891. The molecule has 0 N–H and O–H groups in total. The largest absolute Gasteiger partial charge is 0.465 e. The Morgan fingerprint density at radius 2 is 1.89 bits per heavy atom. The summed E-state index contributed by atoms with van der Waals surface area (Å²) in [4.78, 5) is 17.3. The van der Waals surface area contributed by atoms with E-state index in [-0.39, 0.29) is 12.1 Å². The highest BCUT2D eigenvalue weighted by molar-refractivity contribution is 5.83. The van der Waals surface area contributed by atoms with E-state index in [4.69, 9.17) is 14.2 Å². The first-order valence-electron chi connectivity index (χ1n) is 9.51. The highest BCUT2D eigenvalue weighted by Gasteiger charge is 2.34. The normalized spacial score (nSPS) is 14.5. The van der Waals surface area contributed by atoms with Crippen LogP contribution in [0, 0.1) is 0 Å². The topological polar surface area (TPSA) is 57.7 Å². The molecule has 0 aliphatic carbocycles. The van der Waals surface area contributed by atoms with Crippen molar-refractivity contribution < 1.29 is 19.0 Å². The third kappa shape index (κ3) is 5.62. The molecule has 0 aliphatic heterocycles. The number of pyridine rings is 1. The maximum absolute atomic E-state index is 12.8. The zero-order valence-electron chi connectivity index (χ0n) is 16.4. The quantitative estimate of drug-likeness (QED) is 0.436. The molecule has 1 aromatic heterocycles. The van der Waals surface area contributed by atoms with E-state index in [0.717, 1.165) is 16.5 Å². The third-order valence-corrected chi connectivity index (χ3v) is 4.37. The summed E-state index contributed by atoms with van der Waals surface area (Å²) in [6, 6.07) is 9.81. The number of fused-ring (bicyclic) bond motifs is 1. The van der Waals surface area contributed by atoms with Gasteiger partial charge in [0.2, 0.25) is 0 Å². The van der Waals surface area contributed by atoms with Crippen molar-refractivity contribution in [3.8, 4) is 0 Å². The van der Waals surface area contributed by atoms with Gasteiger partial charge in [-0.15, -0.1) is 6.58 Å². The molecule has 1 aromatic carbocycles. The molecule has 2 rings (SSSR count). The van der Waals surface area contributed by atoms with E-state index in [1.54, 1.807) is 19.2 Å². The molecule has 0 amide bonds. The van der Waals surface area contributed by atoms with Crippen molar-refractivity contribution >= 4 is 16.9 Å². The van der Waals surface area contributed by atoms with Gasteiger partial charge in [0.05, 0.1) is 24.3 Å². The number of esters is 1. The number of hydrogen-bond acceptors (Lipinski definition) is 5. The van der Waals surface area contributed by atoms with Crippen LogP contribution in [0.3, 0.4) is 0 Å². The number of rotatable bonds is 11. The molecule has 0 spiro atoms. The maximum Gasteiger partial charge on any atom is 0.316 e. The molecule has 5 nitrogen and oxygen atoms in total. The second-order valence-electron chi connectivity index (χ2n) is 6.15. The minimum atomic E-state index is -0.579. The molecule has 146 valence electrons. The van der Waals surface area contributed by atoms with E-state index < -0.39 is 12.0 Å². The summed E-state index contributed by atoms with van der Waals surface area (Å²) >= 11 is 0. The molecule has 1 heterocycles. The zero-order valence-corrected chi connectivity index (χ0v) is 16.4. The number of para-hydroxylation sites is 1. The first kappa shape index (κ1) is 21.1. The number of carbonyl (C=O) groups excluding carboxylic acids is 1. The van der Waals surface area contributed by atoms with E-state index >= 15 is 0 Å². The van der Waals surface area contributed by atoms with Gasteiger partial charge in [-0.1, -0.05) is 24.3 Å². The molecule has 3 atom stereocenters. The van der Waals surface area contributed by atoms with E-state index in [1.807, 2.05) is 44.2 Å². The first-order chi connectivity index (χ1) is 13.1. The van der Waals surface area contributed by atoms with Gasteiger partial charge in [-0.3, -0.25) is 9.78 Å². The summed E-state index contributed by atoms with van der Waals surface area (Å²) in [6.07, 6.45) is 3.40. The van der Waals surface area contributed by atoms with Crippen LogP contribution < -0.4 is 0 Å². The van der Waals surface area contributed by atoms with Gasteiger partial charge in [-0.25, -0.2) is 0 Å². The van der Waals surface area contributed by atoms with Gasteiger partial charge < -0.3 is 14.2 Å². The Labute approximate surface area is 161 Å². The third-order valence-electron chi connectivity index (χ3n) is 4.37. The Balaban J connectivity index is 2.42. The minimum absolute atomic E-state index is 0.197. The van der Waals surface area contributed by atoms with Crippen molar-refractivity contribution in [2.24, 2.45) is 0 Å². The lowest BCUT2D eigenvalue weighted by atomic mass is 9.90. The summed E-state index contributed by atoms with van der Waals surface area (Å²) < 4.78 is 17.0. The molecule has 2 aromatic rings. The SMILES string of the molecule is C=CC(CC(OCC)C(C(=O)OCC)c1cnc2ccccc2c1)OCC. The first-order valence-corrected chi connectivity index (χ1v) is 9.51. The van der Waals surface area contributed by atoms with Crippen molar-refractivity contribution in [3.63, 3.8) is 0 Å². The molecule has 0 fully saturated rings. The molecule has 27 heavy (non-hydrogen) atoms. The lowest BCUT2D eigenvalue weighted by Gasteiger charge is -2.28. The van der Waals surface area contributed by atoms with Crippen molar-refractivity contribution in [2.45, 2.75) is 45.3 Å². The van der Waals surface area contributed by atoms with Crippen LogP contribution in [-0.2, 0) is 19.0 Å². The van der Waals surface area contributed by atoms with Crippen LogP contribution in [0.5, 0.6) is 0 Å². The summed E-state index contributed by atoms with van der Waals surface area (Å²) in [5.41, 5.74) is 1.67. The summed E-state index contributed by atoms with van der Waals surface area (Å²) in [6.45, 7) is 10.8.